The van der Waals surface area contributed by atoms with Gasteiger partial charge in [-0.3, -0.25) is 4.79 Å². The predicted molar refractivity (Wildman–Crippen MR) is 39.4 cm³/mol. The summed E-state index contributed by atoms with van der Waals surface area (Å²) in [4.78, 5) is 30.4. The summed E-state index contributed by atoms with van der Waals surface area (Å²) in [6.45, 7) is 0. The van der Waals surface area contributed by atoms with Crippen molar-refractivity contribution in [2.75, 3.05) is 0 Å². The van der Waals surface area contributed by atoms with Crippen molar-refractivity contribution >= 4 is 18.3 Å². The number of nitrogens with one attached hydrogen (secondary N) is 1. The molecule has 0 radical (unpaired) electrons. The number of carbonyl (C=O) groups excluding carboxylic acids is 2. The summed E-state index contributed by atoms with van der Waals surface area (Å²) in [6, 6.07) is -0.852. The maximum atomic E-state index is 10.2. The van der Waals surface area contributed by atoms with Crippen LogP contribution in [0.15, 0.2) is 0 Å². The van der Waals surface area contributed by atoms with Gasteiger partial charge in [-0.2, -0.15) is 0 Å². The fraction of sp³-hybridized carbons (Fsp3) is 0.500. The summed E-state index contributed by atoms with van der Waals surface area (Å²) in [5.41, 5.74) is 4.80. The van der Waals surface area contributed by atoms with E-state index < -0.39 is 18.0 Å². The number of carboxylic acid groups (broad SMARTS) is 1. The van der Waals surface area contributed by atoms with Crippen LogP contribution in [0.1, 0.15) is 12.8 Å². The first kappa shape index (κ1) is 10.4. The molecule has 0 heterocycles. The smallest absolute Gasteiger partial charge is 0.405 e. The number of primary amides is 1. The van der Waals surface area contributed by atoms with E-state index in [0.29, 0.717) is 6.29 Å². The monoisotopic (exact) mass is 174 g/mol. The van der Waals surface area contributed by atoms with Crippen LogP contribution >= 0.6 is 0 Å². The molecule has 0 aliphatic heterocycles. The molecule has 6 nitrogen and oxygen atoms in total. The molecule has 6 heteroatoms. The van der Waals surface area contributed by atoms with Crippen molar-refractivity contribution < 1.29 is 19.5 Å². The molecule has 0 rings (SSSR count). The Morgan fingerprint density at radius 2 is 2.17 bits per heavy atom. The fourth-order valence-electron chi connectivity index (χ4n) is 0.631. The van der Waals surface area contributed by atoms with Crippen molar-refractivity contribution in [1.82, 2.24) is 5.32 Å². The van der Waals surface area contributed by atoms with Gasteiger partial charge < -0.3 is 21.0 Å². The van der Waals surface area contributed by atoms with Gasteiger partial charge in [0.1, 0.15) is 6.29 Å². The first-order chi connectivity index (χ1) is 5.56. The maximum Gasteiger partial charge on any atom is 0.405 e. The Morgan fingerprint density at radius 1 is 1.58 bits per heavy atom. The largest absolute Gasteiger partial charge is 0.465 e. The fourth-order valence-corrected chi connectivity index (χ4v) is 0.631. The van der Waals surface area contributed by atoms with Crippen LogP contribution in [-0.4, -0.2) is 29.4 Å². The molecule has 0 spiro atoms. The van der Waals surface area contributed by atoms with Crippen LogP contribution < -0.4 is 11.1 Å². The van der Waals surface area contributed by atoms with E-state index in [1.165, 1.54) is 0 Å². The highest BCUT2D eigenvalue weighted by Crippen LogP contribution is 1.93. The minimum absolute atomic E-state index is 0.0102. The second-order valence-corrected chi connectivity index (χ2v) is 2.20. The van der Waals surface area contributed by atoms with E-state index in [0.717, 1.165) is 0 Å². The van der Waals surface area contributed by atoms with E-state index in [1.807, 2.05) is 5.32 Å². The van der Waals surface area contributed by atoms with Crippen molar-refractivity contribution in [2.24, 2.45) is 5.73 Å². The molecule has 0 saturated heterocycles. The van der Waals surface area contributed by atoms with Crippen LogP contribution in [0.5, 0.6) is 0 Å². The zero-order valence-corrected chi connectivity index (χ0v) is 6.32. The van der Waals surface area contributed by atoms with Crippen molar-refractivity contribution in [2.45, 2.75) is 18.9 Å². The lowest BCUT2D eigenvalue weighted by Gasteiger charge is -2.07. The number of hydrogen-bond acceptors (Lipinski definition) is 3. The molecule has 68 valence electrons. The van der Waals surface area contributed by atoms with E-state index >= 15 is 0 Å². The molecular formula is C6H10N2O4. The lowest BCUT2D eigenvalue weighted by molar-refractivity contribution is -0.118. The third-order valence-corrected chi connectivity index (χ3v) is 1.17. The Hall–Kier alpha value is -1.59. The van der Waals surface area contributed by atoms with Gasteiger partial charge in [0, 0.05) is 6.42 Å². The normalized spacial score (nSPS) is 11.7. The first-order valence-electron chi connectivity index (χ1n) is 3.29. The Balaban J connectivity index is 3.75. The second-order valence-electron chi connectivity index (χ2n) is 2.20. The highest BCUT2D eigenvalue weighted by molar-refractivity contribution is 5.75. The zero-order valence-electron chi connectivity index (χ0n) is 6.32. The third-order valence-electron chi connectivity index (χ3n) is 1.17. The number of rotatable bonds is 5. The summed E-state index contributed by atoms with van der Waals surface area (Å²) < 4.78 is 0. The number of carbonyl (C=O) groups is 3. The quantitative estimate of drug-likeness (QED) is 0.468. The summed E-state index contributed by atoms with van der Waals surface area (Å²) >= 11 is 0. The summed E-state index contributed by atoms with van der Waals surface area (Å²) in [6.07, 6.45) is -0.775. The minimum atomic E-state index is -1.29. The molecule has 4 N–H and O–H groups in total. The SMILES string of the molecule is NC(=O)CC[C@@H](C=O)NC(=O)O. The van der Waals surface area contributed by atoms with Crippen molar-refractivity contribution in [3.8, 4) is 0 Å². The van der Waals surface area contributed by atoms with Gasteiger partial charge in [0.05, 0.1) is 6.04 Å². The Morgan fingerprint density at radius 3 is 2.50 bits per heavy atom. The molecule has 0 aromatic carbocycles. The second kappa shape index (κ2) is 5.11. The highest BCUT2D eigenvalue weighted by Gasteiger charge is 2.10. The molecule has 0 unspecified atom stereocenters. The van der Waals surface area contributed by atoms with Gasteiger partial charge in [0.15, 0.2) is 0 Å². The molecule has 0 bridgehead atoms. The predicted octanol–water partition coefficient (Wildman–Crippen LogP) is -0.913. The number of aldehydes is 1. The van der Waals surface area contributed by atoms with Crippen LogP contribution in [0.2, 0.25) is 0 Å². The van der Waals surface area contributed by atoms with Gasteiger partial charge in [-0.15, -0.1) is 0 Å². The molecule has 1 atom stereocenters. The lowest BCUT2D eigenvalue weighted by atomic mass is 10.2. The van der Waals surface area contributed by atoms with Gasteiger partial charge in [0.25, 0.3) is 0 Å². The molecule has 0 aliphatic carbocycles. The van der Waals surface area contributed by atoms with Gasteiger partial charge in [-0.25, -0.2) is 4.79 Å². The van der Waals surface area contributed by atoms with Crippen LogP contribution in [0.3, 0.4) is 0 Å². The molecule has 0 aromatic heterocycles. The van der Waals surface area contributed by atoms with Crippen LogP contribution in [-0.2, 0) is 9.59 Å². The first-order valence-corrected chi connectivity index (χ1v) is 3.29. The Kier molecular flexibility index (Phi) is 4.43. The topological polar surface area (TPSA) is 109 Å². The van der Waals surface area contributed by atoms with E-state index in [9.17, 15) is 14.4 Å². The van der Waals surface area contributed by atoms with Crippen LogP contribution in [0, 0.1) is 0 Å². The van der Waals surface area contributed by atoms with Crippen LogP contribution in [0.4, 0.5) is 4.79 Å². The lowest BCUT2D eigenvalue weighted by Crippen LogP contribution is -2.35. The molecule has 0 aromatic rings. The summed E-state index contributed by atoms with van der Waals surface area (Å²) in [5, 5.41) is 10.1. The number of hydrogen-bond donors (Lipinski definition) is 3. The molecule has 0 fully saturated rings. The molecule has 2 amide bonds. The van der Waals surface area contributed by atoms with E-state index in [2.05, 4.69) is 0 Å². The summed E-state index contributed by atoms with van der Waals surface area (Å²) in [5.74, 6) is -0.561. The van der Waals surface area contributed by atoms with Crippen molar-refractivity contribution in [1.29, 1.82) is 0 Å². The van der Waals surface area contributed by atoms with E-state index in [4.69, 9.17) is 10.8 Å². The molecule has 0 aliphatic rings. The van der Waals surface area contributed by atoms with Gasteiger partial charge >= 0.3 is 6.09 Å². The average Bonchev–Trinajstić information content (AvgIpc) is 1.97. The third kappa shape index (κ3) is 5.21. The van der Waals surface area contributed by atoms with Crippen molar-refractivity contribution in [3.63, 3.8) is 0 Å². The molecule has 0 saturated carbocycles. The zero-order chi connectivity index (χ0) is 9.56. The molecule has 12 heavy (non-hydrogen) atoms. The van der Waals surface area contributed by atoms with Gasteiger partial charge in [-0.1, -0.05) is 0 Å². The minimum Gasteiger partial charge on any atom is -0.465 e. The van der Waals surface area contributed by atoms with E-state index in [1.54, 1.807) is 0 Å². The van der Waals surface area contributed by atoms with E-state index in [-0.39, 0.29) is 12.8 Å². The van der Waals surface area contributed by atoms with Crippen molar-refractivity contribution in [3.05, 3.63) is 0 Å². The standard InChI is InChI=1S/C6H10N2O4/c7-5(10)2-1-4(3-9)8-6(11)12/h3-4,8H,1-2H2,(H2,7,10)(H,11,12)/t4-/m0/s1. The molecular weight excluding hydrogens is 164 g/mol. The van der Waals surface area contributed by atoms with Crippen LogP contribution in [0.25, 0.3) is 0 Å². The summed E-state index contributed by atoms with van der Waals surface area (Å²) in [7, 11) is 0. The van der Waals surface area contributed by atoms with Gasteiger partial charge in [0.2, 0.25) is 5.91 Å². The Labute approximate surface area is 68.7 Å². The Bertz CT molecular complexity index is 192. The average molecular weight is 174 g/mol. The highest BCUT2D eigenvalue weighted by atomic mass is 16.4. The van der Waals surface area contributed by atoms with Gasteiger partial charge in [-0.05, 0) is 6.42 Å². The number of nitrogens with two attached hydrogens (primary N) is 1. The number of amides is 2. The maximum absolute atomic E-state index is 10.2.